The number of likely N-dealkylation sites (N-methyl/N-ethyl adjacent to an activating group) is 1. The minimum atomic E-state index is -4.04. The molecule has 0 aromatic rings. The summed E-state index contributed by atoms with van der Waals surface area (Å²) in [5.74, 6) is -0.0456. The number of hydrogen-bond acceptors (Lipinski definition) is 23. The number of piperidine rings is 11. The number of fused-ring (bicyclic) bond motifs is 1. The molecular formula is C109H200F13N21O3. The van der Waals surface area contributed by atoms with Crippen LogP contribution in [0.1, 0.15) is 231 Å². The van der Waals surface area contributed by atoms with Crippen LogP contribution in [0.25, 0.3) is 0 Å². The number of hydrogen-bond donors (Lipinski definition) is 1. The maximum absolute atomic E-state index is 13.0. The molecule has 850 valence electrons. The molecule has 1 N–H and O–H groups in total. The Morgan fingerprint density at radius 1 is 0.322 bits per heavy atom. The zero-order chi connectivity index (χ0) is 105. The van der Waals surface area contributed by atoms with Gasteiger partial charge in [0.05, 0.1) is 25.7 Å². The number of halogens is 13. The molecule has 1 amide bonds. The van der Waals surface area contributed by atoms with E-state index in [4.69, 9.17) is 4.74 Å². The smallest absolute Gasteiger partial charge is 0.404 e. The summed E-state index contributed by atoms with van der Waals surface area (Å²) in [5, 5.41) is 2.79. The molecule has 0 radical (unpaired) electrons. The summed E-state index contributed by atoms with van der Waals surface area (Å²) in [6.07, 6.45) is 24.6. The van der Waals surface area contributed by atoms with Crippen LogP contribution < -0.4 is 5.32 Å². The molecule has 21 rings (SSSR count). The third kappa shape index (κ3) is 38.0. The van der Waals surface area contributed by atoms with Gasteiger partial charge in [0.25, 0.3) is 12.3 Å². The Kier molecular flexibility index (Phi) is 50.2. The number of carbonyl (C=O) groups is 2. The molecule has 0 bridgehead atoms. The SMILES string of the molecule is CN1CCC(N2CC3CC3C2)CC1.CN1CCC(N2CCC(F)(F)C2)CC1.CN1CCC(N2CCC[C@@H]2C(F)(F)F)CC1.CN1CCC(N2CCC[C@@H]2C(F)F)CC1.CN1CCC(N2CCC[C@@H]2CF)CC1.CN1CCC(N2CCC[C@H]2C(F)(F)F)CC1.CN1CCC(N2CC[C@@H](F)C2)CC1.CN1CCC(N2CC[C@H](F)C2)CC1.CNC(=O)[C@@H]1CCCN1C1CCN(C)CC1.COC(=O)[C@H]1CCCN1C1CCN(C)CC1. The van der Waals surface area contributed by atoms with E-state index in [1.54, 1.807) is 23.3 Å². The lowest BCUT2D eigenvalue weighted by atomic mass is 10.0. The van der Waals surface area contributed by atoms with Gasteiger partial charge in [-0.05, 0) is 477 Å². The highest BCUT2D eigenvalue weighted by Gasteiger charge is 2.52. The van der Waals surface area contributed by atoms with E-state index >= 15 is 0 Å². The van der Waals surface area contributed by atoms with Crippen LogP contribution >= 0.6 is 0 Å². The molecule has 146 heavy (non-hydrogen) atoms. The number of amides is 1. The zero-order valence-corrected chi connectivity index (χ0v) is 92.4. The molecule has 20 saturated heterocycles. The quantitative estimate of drug-likeness (QED) is 0.131. The van der Waals surface area contributed by atoms with Gasteiger partial charge in [-0.2, -0.15) is 26.3 Å². The summed E-state index contributed by atoms with van der Waals surface area (Å²) in [6.45, 7) is 34.3. The van der Waals surface area contributed by atoms with E-state index in [9.17, 15) is 66.7 Å². The van der Waals surface area contributed by atoms with E-state index in [-0.39, 0.29) is 74.6 Å². The van der Waals surface area contributed by atoms with E-state index < -0.39 is 55.2 Å². The van der Waals surface area contributed by atoms with Crippen molar-refractivity contribution in [3.63, 3.8) is 0 Å². The number of methoxy groups -OCH3 is 1. The van der Waals surface area contributed by atoms with Gasteiger partial charge in [-0.3, -0.25) is 58.6 Å². The van der Waals surface area contributed by atoms with Crippen molar-refractivity contribution in [1.82, 2.24) is 103 Å². The number of esters is 1. The molecular weight excluding hydrogens is 1900 g/mol. The van der Waals surface area contributed by atoms with Crippen LogP contribution in [0.5, 0.6) is 0 Å². The van der Waals surface area contributed by atoms with Crippen molar-refractivity contribution in [2.45, 2.75) is 365 Å². The monoisotopic (exact) mass is 2100 g/mol. The number of nitrogens with zero attached hydrogens (tertiary/aromatic N) is 20. The normalized spacial score (nSPS) is 32.5. The lowest BCUT2D eigenvalue weighted by Crippen LogP contribution is -2.50. The molecule has 24 nitrogen and oxygen atoms in total. The molecule has 10 atom stereocenters. The predicted octanol–water partition coefficient (Wildman–Crippen LogP) is 13.3. The molecule has 0 aromatic heterocycles. The number of nitrogens with one attached hydrogen (secondary N) is 1. The van der Waals surface area contributed by atoms with Crippen LogP contribution in [0.15, 0.2) is 0 Å². The number of likely N-dealkylation sites (tertiary alicyclic amines) is 20. The lowest BCUT2D eigenvalue weighted by Gasteiger charge is -2.38. The van der Waals surface area contributed by atoms with Gasteiger partial charge in [0.1, 0.15) is 37.1 Å². The number of carbonyl (C=O) groups excluding carboxylic acids is 2. The van der Waals surface area contributed by atoms with Crippen LogP contribution in [0.3, 0.4) is 0 Å². The van der Waals surface area contributed by atoms with Crippen molar-refractivity contribution in [2.75, 3.05) is 314 Å². The predicted molar refractivity (Wildman–Crippen MR) is 560 cm³/mol. The molecule has 1 saturated carbocycles. The second-order valence-corrected chi connectivity index (χ2v) is 48.2. The fourth-order valence-electron chi connectivity index (χ4n) is 27.8. The third-order valence-electron chi connectivity index (χ3n) is 37.5. The average Bonchev–Trinajstić information content (AvgIpc) is 1.62. The van der Waals surface area contributed by atoms with Gasteiger partial charge in [-0.1, -0.05) is 0 Å². The van der Waals surface area contributed by atoms with Gasteiger partial charge in [-0.15, -0.1) is 0 Å². The van der Waals surface area contributed by atoms with Gasteiger partial charge >= 0.3 is 18.3 Å². The first-order chi connectivity index (χ1) is 69.8. The van der Waals surface area contributed by atoms with E-state index in [0.717, 1.165) is 219 Å². The first-order valence-corrected chi connectivity index (χ1v) is 58.1. The standard InChI is InChI=1S/C12H23N3O.C12H22N2O2.2C11H19F3N2.C11H20F2N2.C11H21FN2.C11H20N2.C10H18F2N2.2C10H19FN2/c1-13-12(16)11-4-3-7-15(11)10-5-8-14(2)9-6-10;1-13-8-5-10(6-9-13)14-7-3-4-11(14)12(15)16-2;2*1-15-7-4-9(5-8-15)16-6-2-3-10(16)11(12,13)14;1-14-7-4-9(5-8-14)15-6-2-3-10(15)11(12)13;1-13-7-4-10(5-8-13)14-6-2-3-11(14)9-12;1-12-4-2-11(3-5-12)13-7-9-6-10(9)8-13;1-13-5-2-9(3-6-13)14-7-4-10(11,12)8-14;2*1-12-5-3-10(4-6-12)13-7-2-9(11)8-13/h10-11H,3-9H2,1-2H3,(H,13,16);10-11H,3-9H2,1-2H3;2*9-10H,2-8H2,1H3;9-11H,2-8H2,1H3;10-11H,2-9H2,1H3;9-11H,2-8H2,1H3;9H,2-8H2,1H3;2*9-10H,2-8H2,1H3/t2*11-;3*10-;11-;;;2*9-/m011011..10/s1. The van der Waals surface area contributed by atoms with Crippen molar-refractivity contribution >= 4 is 11.9 Å². The fraction of sp³-hybridized carbons (Fsp3) is 0.982. The highest BCUT2D eigenvalue weighted by atomic mass is 19.4. The molecule has 1 aliphatic carbocycles. The summed E-state index contributed by atoms with van der Waals surface area (Å²) in [7, 11) is 24.6. The molecule has 2 unspecified atom stereocenters. The summed E-state index contributed by atoms with van der Waals surface area (Å²) in [4.78, 5) is 68.8. The van der Waals surface area contributed by atoms with Crippen LogP contribution in [0.2, 0.25) is 0 Å². The number of rotatable bonds is 14. The summed E-state index contributed by atoms with van der Waals surface area (Å²) < 4.78 is 172. The Morgan fingerprint density at radius 3 is 0.918 bits per heavy atom. The zero-order valence-electron chi connectivity index (χ0n) is 92.4. The van der Waals surface area contributed by atoms with E-state index in [2.05, 4.69) is 145 Å². The largest absolute Gasteiger partial charge is 0.468 e. The van der Waals surface area contributed by atoms with Crippen molar-refractivity contribution in [3.8, 4) is 0 Å². The molecule has 0 aromatic carbocycles. The van der Waals surface area contributed by atoms with E-state index in [1.807, 2.05) is 19.0 Å². The molecule has 37 heteroatoms. The maximum Gasteiger partial charge on any atom is 0.404 e. The van der Waals surface area contributed by atoms with Crippen molar-refractivity contribution in [3.05, 3.63) is 0 Å². The Morgan fingerprint density at radius 2 is 0.603 bits per heavy atom. The second-order valence-electron chi connectivity index (χ2n) is 48.2. The Hall–Kier alpha value is -2.77. The van der Waals surface area contributed by atoms with Crippen LogP contribution in [0.4, 0.5) is 57.1 Å². The average molecular weight is 2100 g/mol. The topological polar surface area (TPSA) is 120 Å². The van der Waals surface area contributed by atoms with E-state index in [0.29, 0.717) is 94.3 Å². The summed E-state index contributed by atoms with van der Waals surface area (Å²) in [5.41, 5.74) is 0. The second kappa shape index (κ2) is 60.1. The van der Waals surface area contributed by atoms with Gasteiger partial charge in [0, 0.05) is 126 Å². The summed E-state index contributed by atoms with van der Waals surface area (Å²) >= 11 is 0. The van der Waals surface area contributed by atoms with Gasteiger partial charge in [-0.25, -0.2) is 30.7 Å². The Bertz CT molecular complexity index is 3400. The van der Waals surface area contributed by atoms with Crippen LogP contribution in [-0.2, 0) is 14.3 Å². The molecule has 21 fully saturated rings. The minimum absolute atomic E-state index is 0.0125. The van der Waals surface area contributed by atoms with Crippen molar-refractivity contribution in [2.24, 2.45) is 11.8 Å². The van der Waals surface area contributed by atoms with Crippen molar-refractivity contribution in [1.29, 1.82) is 0 Å². The third-order valence-corrected chi connectivity index (χ3v) is 37.5. The molecule has 20 aliphatic heterocycles. The summed E-state index contributed by atoms with van der Waals surface area (Å²) in [6, 6.07) is 2.81. The molecule has 0 spiro atoms. The number of ether oxygens (including phenoxy) is 1. The van der Waals surface area contributed by atoms with Gasteiger partial charge < -0.3 is 59.1 Å². The van der Waals surface area contributed by atoms with Crippen LogP contribution in [-0.4, -0.2) is 557 Å². The Labute approximate surface area is 872 Å². The van der Waals surface area contributed by atoms with E-state index in [1.165, 1.54) is 176 Å². The first kappa shape index (κ1) is 122. The van der Waals surface area contributed by atoms with Gasteiger partial charge in [0.2, 0.25) is 5.91 Å². The van der Waals surface area contributed by atoms with Crippen molar-refractivity contribution < 1.29 is 71.4 Å². The fourth-order valence-corrected chi connectivity index (χ4v) is 27.8. The lowest BCUT2D eigenvalue weighted by molar-refractivity contribution is -0.183. The highest BCUT2D eigenvalue weighted by molar-refractivity contribution is 5.81. The number of alkyl halides is 13. The first-order valence-electron chi connectivity index (χ1n) is 58.1. The minimum Gasteiger partial charge on any atom is -0.468 e. The molecule has 20 heterocycles. The highest BCUT2D eigenvalue weighted by Crippen LogP contribution is 2.47. The maximum atomic E-state index is 13.0. The molecule has 21 aliphatic rings. The van der Waals surface area contributed by atoms with Gasteiger partial charge in [0.15, 0.2) is 0 Å². The Balaban J connectivity index is 0.000000144. The van der Waals surface area contributed by atoms with Crippen LogP contribution in [0, 0.1) is 11.8 Å².